The minimum Gasteiger partial charge on any atom is -0.493 e. The molecule has 1 atom stereocenters. The molecule has 2 aromatic rings. The highest BCUT2D eigenvalue weighted by molar-refractivity contribution is 6.30. The van der Waals surface area contributed by atoms with Gasteiger partial charge in [0.25, 0.3) is 5.91 Å². The Morgan fingerprint density at radius 2 is 1.73 bits per heavy atom. The van der Waals surface area contributed by atoms with E-state index < -0.39 is 6.10 Å². The van der Waals surface area contributed by atoms with E-state index in [2.05, 4.69) is 5.32 Å². The van der Waals surface area contributed by atoms with Crippen molar-refractivity contribution in [3.63, 3.8) is 0 Å². The average Bonchev–Trinajstić information content (AvgIpc) is 2.64. The van der Waals surface area contributed by atoms with E-state index in [4.69, 9.17) is 30.5 Å². The maximum absolute atomic E-state index is 12.3. The fraction of sp³-hybridized carbons (Fsp3) is 0.316. The second-order valence-electron chi connectivity index (χ2n) is 5.47. The molecule has 0 fully saturated rings. The van der Waals surface area contributed by atoms with Crippen molar-refractivity contribution in [2.24, 2.45) is 0 Å². The molecule has 0 aromatic heterocycles. The lowest BCUT2D eigenvalue weighted by molar-refractivity contribution is -0.127. The number of benzene rings is 2. The van der Waals surface area contributed by atoms with Gasteiger partial charge < -0.3 is 24.3 Å². The molecular weight excluding hydrogens is 358 g/mol. The van der Waals surface area contributed by atoms with E-state index in [-0.39, 0.29) is 5.91 Å². The molecule has 0 saturated heterocycles. The third-order valence-electron chi connectivity index (χ3n) is 3.67. The molecule has 2 aromatic carbocycles. The van der Waals surface area contributed by atoms with Crippen LogP contribution in [0.15, 0.2) is 36.4 Å². The van der Waals surface area contributed by atoms with Crippen molar-refractivity contribution in [2.45, 2.75) is 19.6 Å². The number of carbonyl (C=O) groups excluding carboxylic acids is 1. The van der Waals surface area contributed by atoms with Gasteiger partial charge in [-0.3, -0.25) is 4.79 Å². The van der Waals surface area contributed by atoms with Crippen LogP contribution in [-0.2, 0) is 11.3 Å². The fourth-order valence-corrected chi connectivity index (χ4v) is 2.55. The fourth-order valence-electron chi connectivity index (χ4n) is 2.37. The summed E-state index contributed by atoms with van der Waals surface area (Å²) < 4.78 is 21.5. The van der Waals surface area contributed by atoms with Crippen LogP contribution in [0.4, 0.5) is 0 Å². The SMILES string of the molecule is COc1cc(CNC(=O)[C@H](C)Oc2cccc(Cl)c2)cc(OC)c1OC. The summed E-state index contributed by atoms with van der Waals surface area (Å²) in [5, 5.41) is 3.37. The summed E-state index contributed by atoms with van der Waals surface area (Å²) in [6, 6.07) is 10.5. The molecule has 0 unspecified atom stereocenters. The Morgan fingerprint density at radius 1 is 1.08 bits per heavy atom. The van der Waals surface area contributed by atoms with Crippen molar-refractivity contribution >= 4 is 17.5 Å². The zero-order chi connectivity index (χ0) is 19.1. The van der Waals surface area contributed by atoms with Crippen molar-refractivity contribution in [3.8, 4) is 23.0 Å². The Morgan fingerprint density at radius 3 is 2.27 bits per heavy atom. The van der Waals surface area contributed by atoms with Crippen LogP contribution in [0, 0.1) is 0 Å². The Labute approximate surface area is 158 Å². The van der Waals surface area contributed by atoms with Gasteiger partial charge in [-0.25, -0.2) is 0 Å². The Bertz CT molecular complexity index is 740. The molecule has 0 aliphatic heterocycles. The average molecular weight is 380 g/mol. The first-order valence-electron chi connectivity index (χ1n) is 7.97. The number of methoxy groups -OCH3 is 3. The molecule has 1 amide bonds. The molecule has 0 spiro atoms. The third-order valence-corrected chi connectivity index (χ3v) is 3.90. The Balaban J connectivity index is 2.02. The second kappa shape index (κ2) is 9.20. The summed E-state index contributed by atoms with van der Waals surface area (Å²) in [7, 11) is 4.62. The molecule has 26 heavy (non-hydrogen) atoms. The zero-order valence-electron chi connectivity index (χ0n) is 15.2. The standard InChI is InChI=1S/C19H22ClNO5/c1-12(26-15-7-5-6-14(20)10-15)19(22)21-11-13-8-16(23-2)18(25-4)17(9-13)24-3/h5-10,12H,11H2,1-4H3,(H,21,22)/t12-/m0/s1. The summed E-state index contributed by atoms with van der Waals surface area (Å²) in [5.41, 5.74) is 0.808. The van der Waals surface area contributed by atoms with Gasteiger partial charge >= 0.3 is 0 Å². The third kappa shape index (κ3) is 4.95. The zero-order valence-corrected chi connectivity index (χ0v) is 15.9. The number of ether oxygens (including phenoxy) is 4. The van der Waals surface area contributed by atoms with Gasteiger partial charge in [0.15, 0.2) is 17.6 Å². The summed E-state index contributed by atoms with van der Waals surface area (Å²) in [5.74, 6) is 1.84. The number of hydrogen-bond acceptors (Lipinski definition) is 5. The first kappa shape index (κ1) is 19.7. The minimum absolute atomic E-state index is 0.251. The minimum atomic E-state index is -0.671. The molecule has 0 heterocycles. The van der Waals surface area contributed by atoms with Gasteiger partial charge in [0.05, 0.1) is 21.3 Å². The molecular formula is C19H22ClNO5. The van der Waals surface area contributed by atoms with Crippen molar-refractivity contribution in [1.82, 2.24) is 5.32 Å². The highest BCUT2D eigenvalue weighted by Gasteiger charge is 2.17. The van der Waals surface area contributed by atoms with Crippen molar-refractivity contribution in [2.75, 3.05) is 21.3 Å². The molecule has 6 nitrogen and oxygen atoms in total. The molecule has 7 heteroatoms. The lowest BCUT2D eigenvalue weighted by Gasteiger charge is -2.16. The maximum atomic E-state index is 12.3. The summed E-state index contributed by atoms with van der Waals surface area (Å²) in [4.78, 5) is 12.3. The van der Waals surface area contributed by atoms with E-state index in [0.29, 0.717) is 34.6 Å². The lowest BCUT2D eigenvalue weighted by Crippen LogP contribution is -2.35. The van der Waals surface area contributed by atoms with Crippen LogP contribution in [0.1, 0.15) is 12.5 Å². The van der Waals surface area contributed by atoms with E-state index in [1.165, 1.54) is 7.11 Å². The lowest BCUT2D eigenvalue weighted by atomic mass is 10.1. The van der Waals surface area contributed by atoms with Crippen LogP contribution in [0.25, 0.3) is 0 Å². The van der Waals surface area contributed by atoms with Crippen LogP contribution in [0.3, 0.4) is 0 Å². The van der Waals surface area contributed by atoms with E-state index in [1.54, 1.807) is 57.5 Å². The smallest absolute Gasteiger partial charge is 0.261 e. The quantitative estimate of drug-likeness (QED) is 0.761. The molecule has 0 bridgehead atoms. The number of halogens is 1. The molecule has 0 radical (unpaired) electrons. The molecule has 0 aliphatic carbocycles. The van der Waals surface area contributed by atoms with Gasteiger partial charge in [0.1, 0.15) is 5.75 Å². The van der Waals surface area contributed by atoms with E-state index in [9.17, 15) is 4.79 Å². The first-order valence-corrected chi connectivity index (χ1v) is 8.35. The highest BCUT2D eigenvalue weighted by atomic mass is 35.5. The van der Waals surface area contributed by atoms with Gasteiger partial charge in [0.2, 0.25) is 5.75 Å². The predicted molar refractivity (Wildman–Crippen MR) is 99.5 cm³/mol. The maximum Gasteiger partial charge on any atom is 0.261 e. The predicted octanol–water partition coefficient (Wildman–Crippen LogP) is 3.45. The van der Waals surface area contributed by atoms with Crippen LogP contribution in [0.5, 0.6) is 23.0 Å². The number of amides is 1. The van der Waals surface area contributed by atoms with E-state index in [0.717, 1.165) is 5.56 Å². The van der Waals surface area contributed by atoms with E-state index >= 15 is 0 Å². The first-order chi connectivity index (χ1) is 12.5. The topological polar surface area (TPSA) is 66.0 Å². The Hall–Kier alpha value is -2.60. The Kier molecular flexibility index (Phi) is 6.97. The normalized spacial score (nSPS) is 11.4. The highest BCUT2D eigenvalue weighted by Crippen LogP contribution is 2.38. The van der Waals surface area contributed by atoms with E-state index in [1.807, 2.05) is 0 Å². The van der Waals surface area contributed by atoms with Gasteiger partial charge in [-0.15, -0.1) is 0 Å². The van der Waals surface area contributed by atoms with Crippen molar-refractivity contribution < 1.29 is 23.7 Å². The van der Waals surface area contributed by atoms with Crippen LogP contribution < -0.4 is 24.3 Å². The van der Waals surface area contributed by atoms with Gasteiger partial charge in [-0.1, -0.05) is 17.7 Å². The summed E-state index contributed by atoms with van der Waals surface area (Å²) in [6.45, 7) is 1.96. The van der Waals surface area contributed by atoms with Crippen molar-refractivity contribution in [1.29, 1.82) is 0 Å². The number of nitrogens with one attached hydrogen (secondary N) is 1. The van der Waals surface area contributed by atoms with Crippen LogP contribution >= 0.6 is 11.6 Å². The molecule has 140 valence electrons. The van der Waals surface area contributed by atoms with Gasteiger partial charge in [0, 0.05) is 11.6 Å². The largest absolute Gasteiger partial charge is 0.493 e. The molecule has 2 rings (SSSR count). The van der Waals surface area contributed by atoms with Gasteiger partial charge in [-0.2, -0.15) is 0 Å². The molecule has 1 N–H and O–H groups in total. The number of hydrogen-bond donors (Lipinski definition) is 1. The number of rotatable bonds is 8. The van der Waals surface area contributed by atoms with Crippen molar-refractivity contribution in [3.05, 3.63) is 47.0 Å². The van der Waals surface area contributed by atoms with Crippen LogP contribution in [-0.4, -0.2) is 33.3 Å². The number of carbonyl (C=O) groups is 1. The monoisotopic (exact) mass is 379 g/mol. The molecule has 0 aliphatic rings. The van der Waals surface area contributed by atoms with Crippen LogP contribution in [0.2, 0.25) is 5.02 Å². The summed E-state index contributed by atoms with van der Waals surface area (Å²) in [6.07, 6.45) is -0.671. The molecule has 0 saturated carbocycles. The summed E-state index contributed by atoms with van der Waals surface area (Å²) >= 11 is 5.92. The van der Waals surface area contributed by atoms with Gasteiger partial charge in [-0.05, 0) is 42.8 Å². The second-order valence-corrected chi connectivity index (χ2v) is 5.91.